The molecule has 0 spiro atoms. The minimum Gasteiger partial charge on any atom is -0.366 e. The van der Waals surface area contributed by atoms with Crippen LogP contribution in [0, 0.1) is 23.3 Å². The number of benzene rings is 3. The highest BCUT2D eigenvalue weighted by Crippen LogP contribution is 2.52. The van der Waals surface area contributed by atoms with Crippen molar-refractivity contribution in [2.24, 2.45) is 11.5 Å². The third-order valence-corrected chi connectivity index (χ3v) is 9.24. The first kappa shape index (κ1) is 39.6. The summed E-state index contributed by atoms with van der Waals surface area (Å²) in [5, 5.41) is 3.32. The summed E-state index contributed by atoms with van der Waals surface area (Å²) in [5.41, 5.74) is 4.70. The Labute approximate surface area is 310 Å². The molecule has 0 unspecified atom stereocenters. The Hall–Kier alpha value is -6.07. The van der Waals surface area contributed by atoms with Crippen LogP contribution < -0.4 is 11.5 Å². The van der Waals surface area contributed by atoms with Crippen molar-refractivity contribution in [3.63, 3.8) is 0 Å². The lowest BCUT2D eigenvalue weighted by Crippen LogP contribution is -2.33. The van der Waals surface area contributed by atoms with Gasteiger partial charge in [0.25, 0.3) is 30.1 Å². The Morgan fingerprint density at radius 1 is 0.732 bits per heavy atom. The van der Waals surface area contributed by atoms with Gasteiger partial charge in [-0.1, -0.05) is 12.1 Å². The van der Waals surface area contributed by atoms with Crippen LogP contribution in [0.2, 0.25) is 0 Å². The van der Waals surface area contributed by atoms with E-state index in [0.717, 1.165) is 36.4 Å². The molecule has 0 bridgehead atoms. The van der Waals surface area contributed by atoms with Crippen molar-refractivity contribution in [1.29, 1.82) is 0 Å². The van der Waals surface area contributed by atoms with Crippen molar-refractivity contribution >= 4 is 17.6 Å². The van der Waals surface area contributed by atoms with Crippen LogP contribution in [-0.2, 0) is 29.6 Å². The van der Waals surface area contributed by atoms with Crippen molar-refractivity contribution in [2.75, 3.05) is 0 Å². The van der Waals surface area contributed by atoms with Gasteiger partial charge in [-0.2, -0.15) is 13.9 Å². The number of aromatic nitrogens is 3. The number of alkyl halides is 6. The molecule has 292 valence electrons. The number of hydrogen-bond donors (Lipinski definition) is 2. The van der Waals surface area contributed by atoms with Crippen LogP contribution in [0.3, 0.4) is 0 Å². The fourth-order valence-corrected chi connectivity index (χ4v) is 6.77. The number of primary amides is 2. The maximum absolute atomic E-state index is 15.1. The van der Waals surface area contributed by atoms with Gasteiger partial charge in [-0.3, -0.25) is 24.0 Å². The van der Waals surface area contributed by atoms with E-state index < -0.39 is 125 Å². The van der Waals surface area contributed by atoms with Gasteiger partial charge in [0.15, 0.2) is 5.78 Å². The summed E-state index contributed by atoms with van der Waals surface area (Å²) in [6.07, 6.45) is -7.85. The Kier molecular flexibility index (Phi) is 10.5. The van der Waals surface area contributed by atoms with Crippen molar-refractivity contribution in [2.45, 2.75) is 56.4 Å². The molecule has 56 heavy (non-hydrogen) atoms. The van der Waals surface area contributed by atoms with Crippen molar-refractivity contribution < 1.29 is 58.3 Å². The summed E-state index contributed by atoms with van der Waals surface area (Å²) in [4.78, 5) is 42.5. The molecular formula is C38H27F10N5O3. The fourth-order valence-electron chi connectivity index (χ4n) is 6.77. The van der Waals surface area contributed by atoms with E-state index in [1.165, 1.54) is 24.3 Å². The van der Waals surface area contributed by atoms with Crippen LogP contribution >= 0.6 is 0 Å². The number of hydrogen-bond acceptors (Lipinski definition) is 5. The minimum atomic E-state index is -4.12. The molecule has 1 aliphatic carbocycles. The van der Waals surface area contributed by atoms with Gasteiger partial charge in [0, 0.05) is 42.4 Å². The number of pyridine rings is 1. The van der Waals surface area contributed by atoms with E-state index in [2.05, 4.69) is 10.1 Å². The number of carbonyl (C=O) groups excluding carboxylic acids is 3. The lowest BCUT2D eigenvalue weighted by molar-refractivity contribution is -0.121. The number of nitrogens with zero attached hydrogens (tertiary/aromatic N) is 3. The minimum absolute atomic E-state index is 0.00375. The SMILES string of the molecule is NC(=O)c1cc(-c2ccc(-c3ccc(F)c(C(N)=O)c3)c([C@@H](CC(=O)Cn3nc(C(F)F)c4c3C(F)(F)CCC4(F)F)Cc3cc(F)cc(F)c3)n2)ccc1F. The third kappa shape index (κ3) is 7.85. The second kappa shape index (κ2) is 14.9. The van der Waals surface area contributed by atoms with Gasteiger partial charge in [0.1, 0.15) is 41.2 Å². The molecule has 0 radical (unpaired) electrons. The average Bonchev–Trinajstić information content (AvgIpc) is 3.52. The normalized spacial score (nSPS) is 15.1. The molecule has 2 aromatic heterocycles. The number of halogens is 10. The lowest BCUT2D eigenvalue weighted by atomic mass is 9.86. The predicted molar refractivity (Wildman–Crippen MR) is 179 cm³/mol. The monoisotopic (exact) mass is 791 g/mol. The second-order valence-electron chi connectivity index (χ2n) is 13.1. The molecule has 0 aliphatic heterocycles. The van der Waals surface area contributed by atoms with Crippen LogP contribution in [-0.4, -0.2) is 32.4 Å². The standard InChI is InChI=1S/C38H27F10N5O3/c39-21-10-17(11-22(40)15-21)9-20(12-23(54)16-53-33-30(32(52-53)34(43)44)37(45,46)7-8-38(33,47)48)31-24(18-1-4-27(41)25(13-18)35(49)55)3-6-29(51-31)19-2-5-28(42)26(14-19)36(50)56/h1-6,10-11,13-15,20,34H,7-9,12,16H2,(H2,49,55)(H2,50,56)/t20-/m1/s1. The lowest BCUT2D eigenvalue weighted by Gasteiger charge is -2.29. The first-order valence-corrected chi connectivity index (χ1v) is 16.6. The quantitative estimate of drug-likeness (QED) is 0.123. The van der Waals surface area contributed by atoms with Crippen molar-refractivity contribution in [3.8, 4) is 22.4 Å². The zero-order valence-corrected chi connectivity index (χ0v) is 28.5. The molecule has 1 aliphatic rings. The van der Waals surface area contributed by atoms with Gasteiger partial charge >= 0.3 is 0 Å². The van der Waals surface area contributed by atoms with Crippen molar-refractivity contribution in [1.82, 2.24) is 14.8 Å². The highest BCUT2D eigenvalue weighted by Gasteiger charge is 2.55. The number of fused-ring (bicyclic) bond motifs is 1. The van der Waals surface area contributed by atoms with E-state index in [4.69, 9.17) is 11.5 Å². The summed E-state index contributed by atoms with van der Waals surface area (Å²) < 4.78 is 146. The molecule has 5 aromatic rings. The molecule has 18 heteroatoms. The maximum Gasteiger partial charge on any atom is 0.290 e. The smallest absolute Gasteiger partial charge is 0.290 e. The third-order valence-electron chi connectivity index (χ3n) is 9.24. The Morgan fingerprint density at radius 3 is 1.89 bits per heavy atom. The molecule has 1 atom stereocenters. The van der Waals surface area contributed by atoms with Crippen LogP contribution in [0.25, 0.3) is 22.4 Å². The first-order valence-electron chi connectivity index (χ1n) is 16.6. The summed E-state index contributed by atoms with van der Waals surface area (Å²) in [6, 6.07) is 11.4. The van der Waals surface area contributed by atoms with Gasteiger partial charge < -0.3 is 11.5 Å². The summed E-state index contributed by atoms with van der Waals surface area (Å²) in [5.74, 6) is -17.0. The summed E-state index contributed by atoms with van der Waals surface area (Å²) in [6.45, 7) is -1.23. The van der Waals surface area contributed by atoms with E-state index in [-0.39, 0.29) is 38.3 Å². The van der Waals surface area contributed by atoms with Crippen LogP contribution in [0.15, 0.2) is 66.7 Å². The van der Waals surface area contributed by atoms with Gasteiger partial charge in [0.05, 0.1) is 28.1 Å². The van der Waals surface area contributed by atoms with Gasteiger partial charge in [-0.25, -0.2) is 35.1 Å². The number of Topliss-reactive ketones (excluding diaryl/α,β-unsaturated/α-hetero) is 1. The summed E-state index contributed by atoms with van der Waals surface area (Å²) >= 11 is 0. The van der Waals surface area contributed by atoms with Crippen LogP contribution in [0.5, 0.6) is 0 Å². The summed E-state index contributed by atoms with van der Waals surface area (Å²) in [7, 11) is 0. The van der Waals surface area contributed by atoms with Gasteiger partial charge in [-0.15, -0.1) is 0 Å². The van der Waals surface area contributed by atoms with E-state index in [1.54, 1.807) is 0 Å². The highest BCUT2D eigenvalue weighted by molar-refractivity contribution is 5.95. The fraction of sp³-hybridized carbons (Fsp3) is 0.237. The molecule has 0 fully saturated rings. The average molecular weight is 792 g/mol. The second-order valence-corrected chi connectivity index (χ2v) is 13.1. The zero-order valence-electron chi connectivity index (χ0n) is 28.5. The van der Waals surface area contributed by atoms with E-state index >= 15 is 8.78 Å². The van der Waals surface area contributed by atoms with E-state index in [0.29, 0.717) is 6.07 Å². The van der Waals surface area contributed by atoms with Crippen LogP contribution in [0.1, 0.15) is 80.5 Å². The van der Waals surface area contributed by atoms with Crippen LogP contribution in [0.4, 0.5) is 43.9 Å². The van der Waals surface area contributed by atoms with Gasteiger partial charge in [0.2, 0.25) is 0 Å². The molecule has 8 nitrogen and oxygen atoms in total. The Balaban J connectivity index is 1.52. The molecule has 2 heterocycles. The number of carbonyl (C=O) groups is 3. The van der Waals surface area contributed by atoms with Gasteiger partial charge in [-0.05, 0) is 66.1 Å². The molecule has 0 saturated carbocycles. The molecule has 3 aromatic carbocycles. The molecule has 4 N–H and O–H groups in total. The number of amides is 2. The predicted octanol–water partition coefficient (Wildman–Crippen LogP) is 8.27. The molecular weight excluding hydrogens is 764 g/mol. The van der Waals surface area contributed by atoms with Crippen molar-refractivity contribution in [3.05, 3.63) is 129 Å². The maximum atomic E-state index is 15.1. The Bertz CT molecular complexity index is 2380. The molecule has 2 amide bonds. The number of rotatable bonds is 12. The van der Waals surface area contributed by atoms with E-state index in [1.807, 2.05) is 0 Å². The first-order chi connectivity index (χ1) is 26.2. The molecule has 0 saturated heterocycles. The number of ketones is 1. The largest absolute Gasteiger partial charge is 0.366 e. The Morgan fingerprint density at radius 2 is 1.30 bits per heavy atom. The molecule has 6 rings (SSSR count). The topological polar surface area (TPSA) is 134 Å². The zero-order chi connectivity index (χ0) is 40.9. The van der Waals surface area contributed by atoms with E-state index in [9.17, 15) is 49.5 Å². The number of nitrogens with two attached hydrogens (primary N) is 2. The highest BCUT2D eigenvalue weighted by atomic mass is 19.3.